The lowest BCUT2D eigenvalue weighted by molar-refractivity contribution is 0.318. The maximum Gasteiger partial charge on any atom is 0.118 e. The summed E-state index contributed by atoms with van der Waals surface area (Å²) in [4.78, 5) is 6.30. The van der Waals surface area contributed by atoms with Crippen molar-refractivity contribution in [3.63, 3.8) is 0 Å². The molecule has 0 amide bonds. The molecular weight excluding hydrogens is 224 g/mol. The second-order valence-corrected chi connectivity index (χ2v) is 4.38. The van der Waals surface area contributed by atoms with Crippen LogP contribution in [0.15, 0.2) is 48.8 Å². The van der Waals surface area contributed by atoms with Crippen LogP contribution in [-0.4, -0.2) is 24.0 Å². The van der Waals surface area contributed by atoms with Crippen molar-refractivity contribution < 1.29 is 4.74 Å². The minimum Gasteiger partial charge on any atom is -0.497 e. The fraction of sp³-hybridized carbons (Fsp3) is 0.267. The molecule has 0 unspecified atom stereocenters. The van der Waals surface area contributed by atoms with E-state index in [0.29, 0.717) is 0 Å². The Bertz CT molecular complexity index is 468. The molecule has 1 aromatic carbocycles. The fourth-order valence-corrected chi connectivity index (χ4v) is 1.90. The largest absolute Gasteiger partial charge is 0.497 e. The monoisotopic (exact) mass is 242 g/mol. The lowest BCUT2D eigenvalue weighted by Gasteiger charge is -2.16. The van der Waals surface area contributed by atoms with Crippen molar-refractivity contribution in [3.8, 4) is 5.75 Å². The predicted molar refractivity (Wildman–Crippen MR) is 72.4 cm³/mol. The summed E-state index contributed by atoms with van der Waals surface area (Å²) in [6, 6.07) is 12.3. The molecule has 0 saturated carbocycles. The van der Waals surface area contributed by atoms with Gasteiger partial charge in [-0.15, -0.1) is 0 Å². The first-order valence-corrected chi connectivity index (χ1v) is 5.98. The lowest BCUT2D eigenvalue weighted by Crippen LogP contribution is -2.17. The Labute approximate surface area is 108 Å². The van der Waals surface area contributed by atoms with Gasteiger partial charge in [-0.3, -0.25) is 9.88 Å². The first-order valence-electron chi connectivity index (χ1n) is 5.98. The first-order chi connectivity index (χ1) is 8.78. The molecule has 2 aromatic rings. The molecule has 1 heterocycles. The standard InChI is InChI=1S/C15H18N2O/c1-17(12-14-7-9-16-10-8-14)11-13-3-5-15(18-2)6-4-13/h3-10H,11-12H2,1-2H3. The van der Waals surface area contributed by atoms with Gasteiger partial charge in [0.05, 0.1) is 7.11 Å². The third kappa shape index (κ3) is 3.57. The van der Waals surface area contributed by atoms with Crippen molar-refractivity contribution in [3.05, 3.63) is 59.9 Å². The summed E-state index contributed by atoms with van der Waals surface area (Å²) >= 11 is 0. The summed E-state index contributed by atoms with van der Waals surface area (Å²) < 4.78 is 5.15. The molecule has 0 N–H and O–H groups in total. The number of benzene rings is 1. The van der Waals surface area contributed by atoms with E-state index >= 15 is 0 Å². The van der Waals surface area contributed by atoms with E-state index < -0.39 is 0 Å². The zero-order valence-electron chi connectivity index (χ0n) is 10.8. The minimum atomic E-state index is 0.899. The summed E-state index contributed by atoms with van der Waals surface area (Å²) in [5.41, 5.74) is 2.56. The second kappa shape index (κ2) is 6.17. The Morgan fingerprint density at radius 2 is 1.50 bits per heavy atom. The van der Waals surface area contributed by atoms with Crippen LogP contribution < -0.4 is 4.74 Å². The molecule has 1 aromatic heterocycles. The van der Waals surface area contributed by atoms with Crippen LogP contribution >= 0.6 is 0 Å². The van der Waals surface area contributed by atoms with E-state index in [1.165, 1.54) is 11.1 Å². The van der Waals surface area contributed by atoms with Crippen molar-refractivity contribution in [2.75, 3.05) is 14.2 Å². The zero-order valence-corrected chi connectivity index (χ0v) is 10.8. The number of nitrogens with zero attached hydrogens (tertiary/aromatic N) is 2. The Morgan fingerprint density at radius 3 is 2.06 bits per heavy atom. The quantitative estimate of drug-likeness (QED) is 0.806. The van der Waals surface area contributed by atoms with Crippen LogP contribution in [0.5, 0.6) is 5.75 Å². The average Bonchev–Trinajstić information content (AvgIpc) is 2.40. The molecule has 0 bridgehead atoms. The predicted octanol–water partition coefficient (Wildman–Crippen LogP) is 2.72. The summed E-state index contributed by atoms with van der Waals surface area (Å²) in [7, 11) is 3.80. The van der Waals surface area contributed by atoms with E-state index in [4.69, 9.17) is 4.74 Å². The summed E-state index contributed by atoms with van der Waals surface area (Å²) in [5, 5.41) is 0. The number of ether oxygens (including phenoxy) is 1. The topological polar surface area (TPSA) is 25.4 Å². The van der Waals surface area contributed by atoms with Gasteiger partial charge in [-0.05, 0) is 42.4 Å². The molecular formula is C15H18N2O. The number of rotatable bonds is 5. The maximum atomic E-state index is 5.15. The van der Waals surface area contributed by atoms with Crippen LogP contribution in [0.25, 0.3) is 0 Å². The molecule has 18 heavy (non-hydrogen) atoms. The molecule has 2 rings (SSSR count). The van der Waals surface area contributed by atoms with Gasteiger partial charge >= 0.3 is 0 Å². The molecule has 0 aliphatic carbocycles. The van der Waals surface area contributed by atoms with E-state index in [1.54, 1.807) is 7.11 Å². The number of methoxy groups -OCH3 is 1. The van der Waals surface area contributed by atoms with Gasteiger partial charge in [0, 0.05) is 25.5 Å². The molecule has 0 spiro atoms. The molecule has 3 nitrogen and oxygen atoms in total. The normalized spacial score (nSPS) is 10.6. The molecule has 0 saturated heterocycles. The van der Waals surface area contributed by atoms with Gasteiger partial charge < -0.3 is 4.74 Å². The molecule has 0 atom stereocenters. The van der Waals surface area contributed by atoms with Gasteiger partial charge in [0.15, 0.2) is 0 Å². The summed E-state index contributed by atoms with van der Waals surface area (Å²) in [6.45, 7) is 1.85. The minimum absolute atomic E-state index is 0.899. The molecule has 0 fully saturated rings. The van der Waals surface area contributed by atoms with Crippen molar-refractivity contribution >= 4 is 0 Å². The first kappa shape index (κ1) is 12.6. The maximum absolute atomic E-state index is 5.15. The molecule has 3 heteroatoms. The summed E-state index contributed by atoms with van der Waals surface area (Å²) in [5.74, 6) is 0.899. The smallest absolute Gasteiger partial charge is 0.118 e. The van der Waals surface area contributed by atoms with Crippen LogP contribution in [0, 0.1) is 0 Å². The van der Waals surface area contributed by atoms with Gasteiger partial charge in [-0.1, -0.05) is 12.1 Å². The highest BCUT2D eigenvalue weighted by atomic mass is 16.5. The Morgan fingerprint density at radius 1 is 0.944 bits per heavy atom. The van der Waals surface area contributed by atoms with Gasteiger partial charge in [-0.2, -0.15) is 0 Å². The van der Waals surface area contributed by atoms with Crippen LogP contribution in [-0.2, 0) is 13.1 Å². The highest BCUT2D eigenvalue weighted by Crippen LogP contribution is 2.13. The van der Waals surface area contributed by atoms with E-state index in [-0.39, 0.29) is 0 Å². The fourth-order valence-electron chi connectivity index (χ4n) is 1.90. The van der Waals surface area contributed by atoms with Crippen LogP contribution in [0.2, 0.25) is 0 Å². The molecule has 0 aliphatic rings. The SMILES string of the molecule is COc1ccc(CN(C)Cc2ccncc2)cc1. The van der Waals surface area contributed by atoms with Gasteiger partial charge in [0.25, 0.3) is 0 Å². The average molecular weight is 242 g/mol. The third-order valence-electron chi connectivity index (χ3n) is 2.81. The number of pyridine rings is 1. The van der Waals surface area contributed by atoms with E-state index in [1.807, 2.05) is 36.7 Å². The van der Waals surface area contributed by atoms with Crippen LogP contribution in [0.3, 0.4) is 0 Å². The third-order valence-corrected chi connectivity index (χ3v) is 2.81. The number of hydrogen-bond donors (Lipinski definition) is 0. The van der Waals surface area contributed by atoms with Crippen molar-refractivity contribution in [2.45, 2.75) is 13.1 Å². The van der Waals surface area contributed by atoms with Crippen molar-refractivity contribution in [2.24, 2.45) is 0 Å². The van der Waals surface area contributed by atoms with E-state index in [2.05, 4.69) is 29.1 Å². The summed E-state index contributed by atoms with van der Waals surface area (Å²) in [6.07, 6.45) is 3.66. The zero-order chi connectivity index (χ0) is 12.8. The van der Waals surface area contributed by atoms with Crippen molar-refractivity contribution in [1.29, 1.82) is 0 Å². The number of hydrogen-bond acceptors (Lipinski definition) is 3. The van der Waals surface area contributed by atoms with Gasteiger partial charge in [0.1, 0.15) is 5.75 Å². The van der Waals surface area contributed by atoms with E-state index in [0.717, 1.165) is 18.8 Å². The second-order valence-electron chi connectivity index (χ2n) is 4.38. The molecule has 0 aliphatic heterocycles. The van der Waals surface area contributed by atoms with Gasteiger partial charge in [0.2, 0.25) is 0 Å². The molecule has 0 radical (unpaired) electrons. The Kier molecular flexibility index (Phi) is 4.31. The highest BCUT2D eigenvalue weighted by molar-refractivity contribution is 5.27. The lowest BCUT2D eigenvalue weighted by atomic mass is 10.2. The van der Waals surface area contributed by atoms with Gasteiger partial charge in [-0.25, -0.2) is 0 Å². The Hall–Kier alpha value is -1.87. The van der Waals surface area contributed by atoms with Crippen LogP contribution in [0.1, 0.15) is 11.1 Å². The highest BCUT2D eigenvalue weighted by Gasteiger charge is 2.02. The molecule has 94 valence electrons. The Balaban J connectivity index is 1.92. The van der Waals surface area contributed by atoms with Crippen molar-refractivity contribution in [1.82, 2.24) is 9.88 Å². The van der Waals surface area contributed by atoms with Crippen LogP contribution in [0.4, 0.5) is 0 Å². The number of aromatic nitrogens is 1. The van der Waals surface area contributed by atoms with E-state index in [9.17, 15) is 0 Å².